The maximum Gasteiger partial charge on any atom is 0.270 e. The largest absolute Gasteiger partial charge is 0.454 e. The van der Waals surface area contributed by atoms with Crippen LogP contribution in [0.5, 0.6) is 11.5 Å². The van der Waals surface area contributed by atoms with Gasteiger partial charge in [-0.3, -0.25) is 19.8 Å². The van der Waals surface area contributed by atoms with Crippen molar-refractivity contribution in [2.24, 2.45) is 0 Å². The third kappa shape index (κ3) is 4.00. The number of anilines is 1. The highest BCUT2D eigenvalue weighted by Gasteiger charge is 2.34. The summed E-state index contributed by atoms with van der Waals surface area (Å²) < 4.78 is 13.0. The number of hydrogen-bond donors (Lipinski definition) is 1. The van der Waals surface area contributed by atoms with Gasteiger partial charge >= 0.3 is 0 Å². The monoisotopic (exact) mass is 487 g/mol. The van der Waals surface area contributed by atoms with Crippen molar-refractivity contribution in [3.8, 4) is 17.2 Å². The van der Waals surface area contributed by atoms with Gasteiger partial charge in [-0.1, -0.05) is 26.0 Å². The van der Waals surface area contributed by atoms with Gasteiger partial charge in [-0.15, -0.1) is 0 Å². The van der Waals surface area contributed by atoms with E-state index in [0.717, 1.165) is 28.2 Å². The first-order valence-corrected chi connectivity index (χ1v) is 11.8. The van der Waals surface area contributed by atoms with Crippen molar-refractivity contribution < 1.29 is 19.1 Å². The number of ether oxygens (including phenoxy) is 2. The Kier molecular flexibility index (Phi) is 5.68. The van der Waals surface area contributed by atoms with Crippen molar-refractivity contribution in [2.45, 2.75) is 33.6 Å². The van der Waals surface area contributed by atoms with Crippen molar-refractivity contribution in [1.82, 2.24) is 9.88 Å². The molecule has 5 rings (SSSR count). The minimum atomic E-state index is -0.511. The van der Waals surface area contributed by atoms with Crippen LogP contribution in [-0.2, 0) is 9.59 Å². The molecular formula is C27H25N3O4S. The van der Waals surface area contributed by atoms with Gasteiger partial charge in [-0.25, -0.2) is 0 Å². The Bertz CT molecular complexity index is 1400. The molecule has 0 radical (unpaired) electrons. The number of aryl methyl sites for hydroxylation is 1. The molecule has 35 heavy (non-hydrogen) atoms. The van der Waals surface area contributed by atoms with Gasteiger partial charge in [0.05, 0.1) is 5.69 Å². The molecule has 8 heteroatoms. The number of nitrogens with zero attached hydrogens (tertiary/aromatic N) is 2. The van der Waals surface area contributed by atoms with Crippen LogP contribution in [0.15, 0.2) is 54.1 Å². The predicted molar refractivity (Wildman–Crippen MR) is 138 cm³/mol. The second-order valence-electron chi connectivity index (χ2n) is 8.90. The Morgan fingerprint density at radius 1 is 0.971 bits per heavy atom. The van der Waals surface area contributed by atoms with E-state index >= 15 is 0 Å². The van der Waals surface area contributed by atoms with Crippen LogP contribution in [0.2, 0.25) is 0 Å². The molecule has 0 atom stereocenters. The summed E-state index contributed by atoms with van der Waals surface area (Å²) in [5.74, 6) is 0.792. The molecule has 2 aromatic carbocycles. The molecule has 2 aliphatic heterocycles. The standard InChI is InChI=1S/C27H25N3O4S/c1-15(2)18-5-7-20(8-6-18)30-26(32)22(25(31)28-27(30)35)12-19-11-16(3)29(17(19)4)21-9-10-23-24(13-21)34-14-33-23/h5-13,15H,14H2,1-4H3,(H,28,31,35)/b22-12+. The summed E-state index contributed by atoms with van der Waals surface area (Å²) in [6.07, 6.45) is 1.63. The number of fused-ring (bicyclic) bond motifs is 1. The Labute approximate surface area is 208 Å². The Hall–Kier alpha value is -3.91. The topological polar surface area (TPSA) is 72.8 Å². The van der Waals surface area contributed by atoms with Gasteiger partial charge < -0.3 is 14.0 Å². The van der Waals surface area contributed by atoms with Crippen LogP contribution in [0.1, 0.15) is 42.3 Å². The number of nitrogens with one attached hydrogen (secondary N) is 1. The molecule has 0 saturated carbocycles. The number of thiocarbonyl (C=S) groups is 1. The van der Waals surface area contributed by atoms with E-state index in [-0.39, 0.29) is 17.5 Å². The molecule has 0 bridgehead atoms. The van der Waals surface area contributed by atoms with Crippen LogP contribution in [0.25, 0.3) is 11.8 Å². The zero-order valence-corrected chi connectivity index (χ0v) is 20.7. The fourth-order valence-corrected chi connectivity index (χ4v) is 4.69. The number of amides is 2. The lowest BCUT2D eigenvalue weighted by atomic mass is 10.0. The van der Waals surface area contributed by atoms with Gasteiger partial charge in [-0.2, -0.15) is 0 Å². The molecule has 7 nitrogen and oxygen atoms in total. The molecule has 2 amide bonds. The fraction of sp³-hybridized carbons (Fsp3) is 0.222. The zero-order chi connectivity index (χ0) is 24.9. The molecule has 0 aliphatic carbocycles. The van der Waals surface area contributed by atoms with Crippen LogP contribution >= 0.6 is 12.2 Å². The Morgan fingerprint density at radius 3 is 2.37 bits per heavy atom. The Morgan fingerprint density at radius 2 is 1.66 bits per heavy atom. The quantitative estimate of drug-likeness (QED) is 0.326. The highest BCUT2D eigenvalue weighted by atomic mass is 32.1. The third-order valence-electron chi connectivity index (χ3n) is 6.30. The average Bonchev–Trinajstić information content (AvgIpc) is 3.39. The second-order valence-corrected chi connectivity index (χ2v) is 9.29. The molecular weight excluding hydrogens is 462 g/mol. The summed E-state index contributed by atoms with van der Waals surface area (Å²) in [5.41, 5.74) is 5.30. The smallest absolute Gasteiger partial charge is 0.270 e. The first-order valence-electron chi connectivity index (χ1n) is 11.3. The van der Waals surface area contributed by atoms with Crippen molar-refractivity contribution in [2.75, 3.05) is 11.7 Å². The van der Waals surface area contributed by atoms with E-state index in [0.29, 0.717) is 23.1 Å². The lowest BCUT2D eigenvalue weighted by Crippen LogP contribution is -2.54. The highest BCUT2D eigenvalue weighted by molar-refractivity contribution is 7.80. The lowest BCUT2D eigenvalue weighted by molar-refractivity contribution is -0.122. The van der Waals surface area contributed by atoms with E-state index in [2.05, 4.69) is 19.2 Å². The molecule has 3 heterocycles. The van der Waals surface area contributed by atoms with Crippen LogP contribution < -0.4 is 19.7 Å². The first kappa shape index (κ1) is 22.9. The molecule has 1 N–H and O–H groups in total. The summed E-state index contributed by atoms with van der Waals surface area (Å²) in [5, 5.41) is 2.73. The van der Waals surface area contributed by atoms with Gasteiger partial charge in [0, 0.05) is 23.1 Å². The molecule has 3 aromatic rings. The summed E-state index contributed by atoms with van der Waals surface area (Å²) >= 11 is 5.34. The van der Waals surface area contributed by atoms with E-state index in [4.69, 9.17) is 21.7 Å². The van der Waals surface area contributed by atoms with Crippen LogP contribution in [0.4, 0.5) is 5.69 Å². The second kappa shape index (κ2) is 8.70. The van der Waals surface area contributed by atoms with Crippen molar-refractivity contribution in [3.63, 3.8) is 0 Å². The molecule has 178 valence electrons. The number of benzene rings is 2. The number of carbonyl (C=O) groups excluding carboxylic acids is 2. The third-order valence-corrected chi connectivity index (χ3v) is 6.59. The molecule has 0 spiro atoms. The van der Waals surface area contributed by atoms with E-state index in [1.807, 2.05) is 66.9 Å². The first-order chi connectivity index (χ1) is 16.7. The molecule has 1 aromatic heterocycles. The van der Waals surface area contributed by atoms with E-state index in [9.17, 15) is 9.59 Å². The maximum atomic E-state index is 13.4. The SMILES string of the molecule is Cc1cc(/C=C2\C(=O)NC(=S)N(c3ccc(C(C)C)cc3)C2=O)c(C)n1-c1ccc2c(c1)OCO2. The number of aromatic nitrogens is 1. The molecule has 1 fully saturated rings. The van der Waals surface area contributed by atoms with Crippen molar-refractivity contribution in [1.29, 1.82) is 0 Å². The van der Waals surface area contributed by atoms with Crippen LogP contribution in [0, 0.1) is 13.8 Å². The number of hydrogen-bond acceptors (Lipinski definition) is 5. The number of carbonyl (C=O) groups is 2. The summed E-state index contributed by atoms with van der Waals surface area (Å²) in [7, 11) is 0. The number of rotatable bonds is 4. The van der Waals surface area contributed by atoms with Gasteiger partial charge in [0.15, 0.2) is 16.6 Å². The van der Waals surface area contributed by atoms with Gasteiger partial charge in [0.1, 0.15) is 5.57 Å². The van der Waals surface area contributed by atoms with Gasteiger partial charge in [0.25, 0.3) is 11.8 Å². The molecule has 1 saturated heterocycles. The van der Waals surface area contributed by atoms with E-state index < -0.39 is 11.8 Å². The van der Waals surface area contributed by atoms with Gasteiger partial charge in [0.2, 0.25) is 6.79 Å². The fourth-order valence-electron chi connectivity index (χ4n) is 4.41. The van der Waals surface area contributed by atoms with E-state index in [1.165, 1.54) is 4.90 Å². The van der Waals surface area contributed by atoms with Gasteiger partial charge in [-0.05, 0) is 79.5 Å². The van der Waals surface area contributed by atoms with Crippen molar-refractivity contribution >= 4 is 40.9 Å². The molecule has 2 aliphatic rings. The minimum absolute atomic E-state index is 0.0254. The summed E-state index contributed by atoms with van der Waals surface area (Å²) in [4.78, 5) is 27.6. The molecule has 0 unspecified atom stereocenters. The summed E-state index contributed by atoms with van der Waals surface area (Å²) in [6.45, 7) is 8.33. The van der Waals surface area contributed by atoms with Crippen LogP contribution in [-0.4, -0.2) is 28.3 Å². The van der Waals surface area contributed by atoms with Crippen molar-refractivity contribution in [3.05, 3.63) is 76.6 Å². The lowest BCUT2D eigenvalue weighted by Gasteiger charge is -2.29. The van der Waals surface area contributed by atoms with E-state index in [1.54, 1.807) is 6.08 Å². The zero-order valence-electron chi connectivity index (χ0n) is 19.9. The highest BCUT2D eigenvalue weighted by Crippen LogP contribution is 2.35. The summed E-state index contributed by atoms with van der Waals surface area (Å²) in [6, 6.07) is 15.3. The minimum Gasteiger partial charge on any atom is -0.454 e. The Balaban J connectivity index is 1.51. The average molecular weight is 488 g/mol. The van der Waals surface area contributed by atoms with Crippen LogP contribution in [0.3, 0.4) is 0 Å². The maximum absolute atomic E-state index is 13.4. The predicted octanol–water partition coefficient (Wildman–Crippen LogP) is 4.78. The normalized spacial score (nSPS) is 16.4.